The smallest absolute Gasteiger partial charge is 0.263 e. The maximum atomic E-state index is 12.1. The number of carbonyl (C=O) groups excluding carboxylic acids is 1. The van der Waals surface area contributed by atoms with Crippen molar-refractivity contribution in [2.75, 3.05) is 13.1 Å². The van der Waals surface area contributed by atoms with Crippen LogP contribution in [0.5, 0.6) is 5.75 Å². The number of carbonyl (C=O) groups is 1. The molecule has 1 unspecified atom stereocenters. The maximum absolute atomic E-state index is 12.1. The van der Waals surface area contributed by atoms with Gasteiger partial charge in [-0.05, 0) is 25.1 Å². The Bertz CT molecular complexity index is 501. The second kappa shape index (κ2) is 6.18. The summed E-state index contributed by atoms with van der Waals surface area (Å²) in [5, 5.41) is 19.7. The molecule has 3 atom stereocenters. The van der Waals surface area contributed by atoms with Crippen LogP contribution < -0.4 is 4.74 Å². The van der Waals surface area contributed by atoms with Gasteiger partial charge in [-0.2, -0.15) is 0 Å². The van der Waals surface area contributed by atoms with Crippen LogP contribution >= 0.6 is 23.2 Å². The molecule has 0 aromatic heterocycles. The van der Waals surface area contributed by atoms with Gasteiger partial charge in [0.25, 0.3) is 5.91 Å². The Morgan fingerprint density at radius 1 is 1.35 bits per heavy atom. The van der Waals surface area contributed by atoms with Gasteiger partial charge in [-0.3, -0.25) is 4.79 Å². The van der Waals surface area contributed by atoms with Crippen LogP contribution in [-0.4, -0.2) is 52.4 Å². The molecule has 1 aliphatic rings. The molecule has 110 valence electrons. The highest BCUT2D eigenvalue weighted by atomic mass is 35.5. The van der Waals surface area contributed by atoms with Crippen molar-refractivity contribution in [1.29, 1.82) is 0 Å². The zero-order valence-electron chi connectivity index (χ0n) is 10.8. The van der Waals surface area contributed by atoms with Crippen molar-refractivity contribution in [2.24, 2.45) is 0 Å². The van der Waals surface area contributed by atoms with Crippen molar-refractivity contribution in [3.05, 3.63) is 28.2 Å². The fourth-order valence-electron chi connectivity index (χ4n) is 2.02. The maximum Gasteiger partial charge on any atom is 0.263 e. The van der Waals surface area contributed by atoms with Crippen molar-refractivity contribution in [3.63, 3.8) is 0 Å². The molecule has 0 radical (unpaired) electrons. The first-order valence-electron chi connectivity index (χ1n) is 6.15. The molecule has 5 nitrogen and oxygen atoms in total. The largest absolute Gasteiger partial charge is 0.479 e. The Labute approximate surface area is 126 Å². The molecule has 7 heteroatoms. The van der Waals surface area contributed by atoms with Gasteiger partial charge in [0.2, 0.25) is 0 Å². The number of benzene rings is 1. The van der Waals surface area contributed by atoms with Gasteiger partial charge in [0, 0.05) is 18.1 Å². The summed E-state index contributed by atoms with van der Waals surface area (Å²) in [6, 6.07) is 4.73. The molecule has 1 aliphatic heterocycles. The van der Waals surface area contributed by atoms with Crippen molar-refractivity contribution < 1.29 is 19.7 Å². The Morgan fingerprint density at radius 2 is 1.95 bits per heavy atom. The minimum Gasteiger partial charge on any atom is -0.479 e. The molecule has 0 saturated carbocycles. The lowest BCUT2D eigenvalue weighted by molar-refractivity contribution is -0.137. The van der Waals surface area contributed by atoms with Crippen LogP contribution in [0.2, 0.25) is 10.0 Å². The van der Waals surface area contributed by atoms with E-state index in [-0.39, 0.29) is 19.0 Å². The number of hydrogen-bond acceptors (Lipinski definition) is 4. The lowest BCUT2D eigenvalue weighted by atomic mass is 10.3. The fraction of sp³-hybridized carbons (Fsp3) is 0.462. The predicted octanol–water partition coefficient (Wildman–Crippen LogP) is 1.32. The summed E-state index contributed by atoms with van der Waals surface area (Å²) in [6.07, 6.45) is -2.60. The molecule has 1 aromatic rings. The topological polar surface area (TPSA) is 70.0 Å². The highest BCUT2D eigenvalue weighted by Gasteiger charge is 2.35. The zero-order valence-corrected chi connectivity index (χ0v) is 12.3. The van der Waals surface area contributed by atoms with E-state index < -0.39 is 18.3 Å². The number of rotatable bonds is 3. The number of β-amino-alcohol motifs (C(OH)–C–C–N with tert-alkyl or cyclic N) is 2. The molecule has 0 aliphatic carbocycles. The number of nitrogens with zero attached hydrogens (tertiary/aromatic N) is 1. The van der Waals surface area contributed by atoms with Crippen LogP contribution in [0.4, 0.5) is 0 Å². The second-order valence-corrected chi connectivity index (χ2v) is 5.56. The van der Waals surface area contributed by atoms with E-state index in [1.807, 2.05) is 0 Å². The predicted molar refractivity (Wildman–Crippen MR) is 75.1 cm³/mol. The molecule has 1 fully saturated rings. The van der Waals surface area contributed by atoms with Gasteiger partial charge in [-0.1, -0.05) is 23.2 Å². The minimum atomic E-state index is -0.912. The van der Waals surface area contributed by atoms with Crippen LogP contribution in [0.1, 0.15) is 6.92 Å². The molecule has 0 bridgehead atoms. The van der Waals surface area contributed by atoms with Crippen LogP contribution in [-0.2, 0) is 4.79 Å². The SMILES string of the molecule is CC(Oc1ccc(Cl)cc1Cl)C(=O)N1C[C@@H](O)[C@@H](O)C1. The van der Waals surface area contributed by atoms with Gasteiger partial charge in [0.05, 0.1) is 17.2 Å². The second-order valence-electron chi connectivity index (χ2n) is 4.71. The van der Waals surface area contributed by atoms with Crippen molar-refractivity contribution in [1.82, 2.24) is 4.90 Å². The van der Waals surface area contributed by atoms with Crippen molar-refractivity contribution in [2.45, 2.75) is 25.2 Å². The third kappa shape index (κ3) is 3.35. The molecular formula is C13H15Cl2NO4. The molecule has 20 heavy (non-hydrogen) atoms. The molecule has 1 heterocycles. The lowest BCUT2D eigenvalue weighted by Gasteiger charge is -2.21. The van der Waals surface area contributed by atoms with Crippen LogP contribution in [0.3, 0.4) is 0 Å². The zero-order chi connectivity index (χ0) is 14.9. The van der Waals surface area contributed by atoms with Gasteiger partial charge in [-0.25, -0.2) is 0 Å². The van der Waals surface area contributed by atoms with Gasteiger partial charge in [0.1, 0.15) is 5.75 Å². The Kier molecular flexibility index (Phi) is 4.75. The fourth-order valence-corrected chi connectivity index (χ4v) is 2.47. The minimum absolute atomic E-state index is 0.0993. The summed E-state index contributed by atoms with van der Waals surface area (Å²) in [6.45, 7) is 1.79. The molecule has 1 aromatic carbocycles. The summed E-state index contributed by atoms with van der Waals surface area (Å²) in [5.74, 6) is 0.0452. The van der Waals surface area contributed by atoms with Gasteiger partial charge in [0.15, 0.2) is 6.10 Å². The molecule has 0 spiro atoms. The summed E-state index contributed by atoms with van der Waals surface area (Å²) in [7, 11) is 0. The first-order valence-corrected chi connectivity index (χ1v) is 6.90. The summed E-state index contributed by atoms with van der Waals surface area (Å²) in [5.41, 5.74) is 0. The van der Waals surface area contributed by atoms with E-state index in [9.17, 15) is 15.0 Å². The first kappa shape index (κ1) is 15.4. The highest BCUT2D eigenvalue weighted by Crippen LogP contribution is 2.28. The standard InChI is InChI=1S/C13H15Cl2NO4/c1-7(13(19)16-5-10(17)11(18)6-16)20-12-3-2-8(14)4-9(12)15/h2-4,7,10-11,17-18H,5-6H2,1H3/t7?,10-,11+. The van der Waals surface area contributed by atoms with E-state index in [0.29, 0.717) is 15.8 Å². The Balaban J connectivity index is 2.01. The van der Waals surface area contributed by atoms with Gasteiger partial charge >= 0.3 is 0 Å². The quantitative estimate of drug-likeness (QED) is 0.881. The molecule has 2 rings (SSSR count). The van der Waals surface area contributed by atoms with E-state index in [1.165, 1.54) is 11.0 Å². The van der Waals surface area contributed by atoms with Crippen molar-refractivity contribution in [3.8, 4) is 5.75 Å². The number of hydrogen-bond donors (Lipinski definition) is 2. The molecule has 2 N–H and O–H groups in total. The lowest BCUT2D eigenvalue weighted by Crippen LogP contribution is -2.39. The van der Waals surface area contributed by atoms with Crippen LogP contribution in [0, 0.1) is 0 Å². The molecule has 1 amide bonds. The Morgan fingerprint density at radius 3 is 2.50 bits per heavy atom. The number of aliphatic hydroxyl groups excluding tert-OH is 2. The first-order chi connectivity index (χ1) is 9.38. The summed E-state index contributed by atoms with van der Waals surface area (Å²) >= 11 is 11.8. The number of halogens is 2. The van der Waals surface area contributed by atoms with E-state index >= 15 is 0 Å². The van der Waals surface area contributed by atoms with E-state index in [4.69, 9.17) is 27.9 Å². The van der Waals surface area contributed by atoms with Crippen LogP contribution in [0.25, 0.3) is 0 Å². The van der Waals surface area contributed by atoms with E-state index in [1.54, 1.807) is 19.1 Å². The third-order valence-electron chi connectivity index (χ3n) is 3.12. The third-order valence-corrected chi connectivity index (χ3v) is 3.65. The van der Waals surface area contributed by atoms with Crippen molar-refractivity contribution >= 4 is 29.1 Å². The highest BCUT2D eigenvalue weighted by molar-refractivity contribution is 6.35. The number of aliphatic hydroxyl groups is 2. The normalized spacial score (nSPS) is 23.8. The van der Waals surface area contributed by atoms with E-state index in [2.05, 4.69) is 0 Å². The van der Waals surface area contributed by atoms with Gasteiger partial charge < -0.3 is 19.8 Å². The summed E-state index contributed by atoms with van der Waals surface area (Å²) in [4.78, 5) is 13.5. The molecular weight excluding hydrogens is 305 g/mol. The van der Waals surface area contributed by atoms with E-state index in [0.717, 1.165) is 0 Å². The number of amides is 1. The molecule has 1 saturated heterocycles. The monoisotopic (exact) mass is 319 g/mol. The van der Waals surface area contributed by atoms with Gasteiger partial charge in [-0.15, -0.1) is 0 Å². The average molecular weight is 320 g/mol. The number of ether oxygens (including phenoxy) is 1. The number of likely N-dealkylation sites (tertiary alicyclic amines) is 1. The van der Waals surface area contributed by atoms with Crippen LogP contribution in [0.15, 0.2) is 18.2 Å². The Hall–Kier alpha value is -1.01. The average Bonchev–Trinajstić information content (AvgIpc) is 2.72. The summed E-state index contributed by atoms with van der Waals surface area (Å²) < 4.78 is 5.50.